The number of ether oxygens (including phenoxy) is 2. The third-order valence-corrected chi connectivity index (χ3v) is 8.44. The van der Waals surface area contributed by atoms with Gasteiger partial charge < -0.3 is 13.9 Å². The molecule has 1 saturated carbocycles. The van der Waals surface area contributed by atoms with Crippen LogP contribution in [-0.2, 0) is 4.74 Å². The van der Waals surface area contributed by atoms with Crippen LogP contribution in [0.5, 0.6) is 5.95 Å². The maximum absolute atomic E-state index is 12.8. The van der Waals surface area contributed by atoms with Crippen molar-refractivity contribution in [3.8, 4) is 5.95 Å². The first-order valence-electron chi connectivity index (χ1n) is 12.0. The summed E-state index contributed by atoms with van der Waals surface area (Å²) in [6.07, 6.45) is 4.90. The number of hydrogen-bond donors (Lipinski definition) is 0. The quantitative estimate of drug-likeness (QED) is 0.399. The van der Waals surface area contributed by atoms with Gasteiger partial charge >= 0.3 is 0 Å². The van der Waals surface area contributed by atoms with Gasteiger partial charge in [0.2, 0.25) is 0 Å². The van der Waals surface area contributed by atoms with Crippen molar-refractivity contribution in [3.63, 3.8) is 0 Å². The minimum absolute atomic E-state index is 0.0833. The van der Waals surface area contributed by atoms with Gasteiger partial charge in [-0.15, -0.1) is 0 Å². The van der Waals surface area contributed by atoms with Crippen LogP contribution in [0.2, 0.25) is 0 Å². The lowest BCUT2D eigenvalue weighted by atomic mass is 9.35. The van der Waals surface area contributed by atoms with Gasteiger partial charge in [0.1, 0.15) is 11.9 Å². The van der Waals surface area contributed by atoms with E-state index in [0.717, 1.165) is 5.56 Å². The van der Waals surface area contributed by atoms with E-state index >= 15 is 0 Å². The molecule has 5 atom stereocenters. The van der Waals surface area contributed by atoms with Crippen LogP contribution >= 0.6 is 0 Å². The van der Waals surface area contributed by atoms with Gasteiger partial charge in [-0.25, -0.2) is 0 Å². The van der Waals surface area contributed by atoms with Gasteiger partial charge in [-0.05, 0) is 45.6 Å². The van der Waals surface area contributed by atoms with Gasteiger partial charge in [-0.2, -0.15) is 0 Å². The summed E-state index contributed by atoms with van der Waals surface area (Å²) in [5.41, 5.74) is 4.23. The molecule has 7 nitrogen and oxygen atoms in total. The Labute approximate surface area is 204 Å². The van der Waals surface area contributed by atoms with Gasteiger partial charge in [0, 0.05) is 34.4 Å². The average molecular weight is 478 g/mol. The van der Waals surface area contributed by atoms with Crippen LogP contribution in [0.25, 0.3) is 0 Å². The molecule has 0 unspecified atom stereocenters. The first-order valence-corrected chi connectivity index (χ1v) is 12.0. The minimum Gasteiger partial charge on any atom is -0.468 e. The van der Waals surface area contributed by atoms with Crippen molar-refractivity contribution in [2.24, 2.45) is 16.7 Å². The molecule has 2 aromatic rings. The minimum atomic E-state index is -0.373. The van der Waals surface area contributed by atoms with E-state index in [1.54, 1.807) is 26.0 Å². The Kier molecular flexibility index (Phi) is 5.33. The number of rotatable bonds is 4. The lowest BCUT2D eigenvalue weighted by Crippen LogP contribution is -2.62. The molecule has 0 radical (unpaired) electrons. The number of methoxy groups -OCH3 is 1. The summed E-state index contributed by atoms with van der Waals surface area (Å²) in [6.45, 7) is 10.6. The van der Waals surface area contributed by atoms with Crippen LogP contribution < -0.4 is 10.2 Å². The van der Waals surface area contributed by atoms with Crippen molar-refractivity contribution in [2.75, 3.05) is 13.7 Å². The summed E-state index contributed by atoms with van der Waals surface area (Å²) in [4.78, 5) is 23.7. The molecule has 5 rings (SSSR count). The molecule has 0 amide bonds. The number of fused-ring (bicyclic) bond motifs is 2. The third-order valence-electron chi connectivity index (χ3n) is 8.44. The van der Waals surface area contributed by atoms with Crippen molar-refractivity contribution in [1.29, 1.82) is 0 Å². The normalized spacial score (nSPS) is 31.4. The van der Waals surface area contributed by atoms with E-state index in [1.807, 2.05) is 12.1 Å². The van der Waals surface area contributed by atoms with Crippen molar-refractivity contribution >= 4 is 5.69 Å². The largest absolute Gasteiger partial charge is 0.468 e. The zero-order valence-electron chi connectivity index (χ0n) is 21.0. The molecule has 1 aromatic heterocycles. The Morgan fingerprint density at radius 2 is 1.77 bits per heavy atom. The highest BCUT2D eigenvalue weighted by molar-refractivity contribution is 5.48. The monoisotopic (exact) mass is 477 g/mol. The Balaban J connectivity index is 1.60. The molecule has 7 heteroatoms. The zero-order chi connectivity index (χ0) is 25.3. The Morgan fingerprint density at radius 1 is 1.09 bits per heavy atom. The zero-order valence-corrected chi connectivity index (χ0v) is 21.0. The molecule has 184 valence electrons. The fourth-order valence-electron chi connectivity index (χ4n) is 7.57. The summed E-state index contributed by atoms with van der Waals surface area (Å²) < 4.78 is 17.8. The number of hydrogen-bond acceptors (Lipinski definition) is 6. The van der Waals surface area contributed by atoms with Gasteiger partial charge in [0.25, 0.3) is 11.6 Å². The van der Waals surface area contributed by atoms with E-state index in [-0.39, 0.29) is 50.8 Å². The molecule has 1 aliphatic heterocycles. The number of non-ortho nitro benzene ring substituents is 1. The summed E-state index contributed by atoms with van der Waals surface area (Å²) in [5, 5.41) is 11.3. The number of nitro groups is 1. The van der Waals surface area contributed by atoms with Crippen molar-refractivity contribution in [2.45, 2.75) is 53.1 Å². The maximum Gasteiger partial charge on any atom is 0.291 e. The highest BCUT2D eigenvalue weighted by Gasteiger charge is 2.71. The van der Waals surface area contributed by atoms with E-state index in [0.29, 0.717) is 29.9 Å². The van der Waals surface area contributed by atoms with E-state index in [4.69, 9.17) is 13.9 Å². The summed E-state index contributed by atoms with van der Waals surface area (Å²) in [7, 11) is 1.49. The standard InChI is InChI=1S/C28H31NO6/c1-15-11-16(2)24-27(5,12-15)25(19-7-9-20(10-8-19)29(31)32)28(24)13-21(34-14-28)23-17(3)22(30)18(4)26(33-6)35-23/h7-12,21,24-25H,13-14H2,1-6H3/t21-,24+,25+,27+,28-/m1/s1. The second-order valence-corrected chi connectivity index (χ2v) is 10.6. The van der Waals surface area contributed by atoms with E-state index in [2.05, 4.69) is 32.9 Å². The SMILES string of the molecule is COc1oc([C@H]2C[C@@]3(CO2)[C@H]2C(C)=CC(C)=C[C@]2(C)[C@@H]3c2ccc([N+](=O)[O-])cc2)c(C)c(=O)c1C. The van der Waals surface area contributed by atoms with Crippen LogP contribution in [0.1, 0.15) is 61.7 Å². The van der Waals surface area contributed by atoms with Gasteiger partial charge in [-0.3, -0.25) is 14.9 Å². The van der Waals surface area contributed by atoms with Crippen molar-refractivity contribution in [3.05, 3.63) is 90.4 Å². The third kappa shape index (κ3) is 3.24. The van der Waals surface area contributed by atoms with Crippen LogP contribution in [0.4, 0.5) is 5.69 Å². The summed E-state index contributed by atoms with van der Waals surface area (Å²) in [5.74, 6) is 1.10. The molecule has 1 spiro atoms. The van der Waals surface area contributed by atoms with Crippen molar-refractivity contribution < 1.29 is 18.8 Å². The fraction of sp³-hybridized carbons (Fsp3) is 0.464. The molecule has 2 aliphatic carbocycles. The topological polar surface area (TPSA) is 91.8 Å². The van der Waals surface area contributed by atoms with E-state index < -0.39 is 0 Å². The number of benzene rings is 1. The first kappa shape index (κ1) is 23.5. The molecular formula is C28H31NO6. The smallest absolute Gasteiger partial charge is 0.291 e. The molecule has 1 saturated heterocycles. The highest BCUT2D eigenvalue weighted by Crippen LogP contribution is 2.76. The van der Waals surface area contributed by atoms with Gasteiger partial charge in [0.15, 0.2) is 5.43 Å². The van der Waals surface area contributed by atoms with E-state index in [1.165, 1.54) is 18.3 Å². The molecule has 0 bridgehead atoms. The predicted octanol–water partition coefficient (Wildman–Crippen LogP) is 5.95. The Hall–Kier alpha value is -3.19. The van der Waals surface area contributed by atoms with E-state index in [9.17, 15) is 14.9 Å². The fourth-order valence-corrected chi connectivity index (χ4v) is 7.57. The summed E-state index contributed by atoms with van der Waals surface area (Å²) in [6, 6.07) is 6.94. The summed E-state index contributed by atoms with van der Waals surface area (Å²) >= 11 is 0. The van der Waals surface area contributed by atoms with Gasteiger partial charge in [0.05, 0.1) is 24.2 Å². The lowest BCUT2D eigenvalue weighted by molar-refractivity contribution is -0.384. The number of allylic oxidation sites excluding steroid dienone is 4. The first-order chi connectivity index (χ1) is 16.5. The predicted molar refractivity (Wildman–Crippen MR) is 132 cm³/mol. The number of nitrogens with zero attached hydrogens (tertiary/aromatic N) is 1. The van der Waals surface area contributed by atoms with Crippen LogP contribution in [0, 0.1) is 40.7 Å². The van der Waals surface area contributed by atoms with Crippen molar-refractivity contribution in [1.82, 2.24) is 0 Å². The van der Waals surface area contributed by atoms with Crippen LogP contribution in [0.15, 0.2) is 56.8 Å². The lowest BCUT2D eigenvalue weighted by Gasteiger charge is -2.67. The number of nitro benzene ring substituents is 1. The van der Waals surface area contributed by atoms with Gasteiger partial charge in [-0.1, -0.05) is 42.4 Å². The Morgan fingerprint density at radius 3 is 2.40 bits per heavy atom. The second kappa shape index (κ2) is 7.92. The van der Waals surface area contributed by atoms with Crippen LogP contribution in [0.3, 0.4) is 0 Å². The molecule has 2 heterocycles. The average Bonchev–Trinajstić information content (AvgIpc) is 3.23. The molecular weight excluding hydrogens is 446 g/mol. The Bertz CT molecular complexity index is 1340. The molecule has 2 fully saturated rings. The molecule has 0 N–H and O–H groups in total. The molecule has 35 heavy (non-hydrogen) atoms. The van der Waals surface area contributed by atoms with Crippen LogP contribution in [-0.4, -0.2) is 18.6 Å². The second-order valence-electron chi connectivity index (χ2n) is 10.6. The molecule has 1 aromatic carbocycles. The molecule has 3 aliphatic rings. The highest BCUT2D eigenvalue weighted by atomic mass is 16.6. The maximum atomic E-state index is 12.8.